The van der Waals surface area contributed by atoms with Crippen molar-refractivity contribution in [2.75, 3.05) is 27.4 Å². The van der Waals surface area contributed by atoms with Gasteiger partial charge in [-0.2, -0.15) is 0 Å². The van der Waals surface area contributed by atoms with Crippen LogP contribution < -0.4 is 14.2 Å². The Labute approximate surface area is 398 Å². The molecule has 0 saturated heterocycles. The molecule has 68 heavy (non-hydrogen) atoms. The third kappa shape index (κ3) is 28.8. The van der Waals surface area contributed by atoms with Gasteiger partial charge in [0.15, 0.2) is 17.6 Å². The van der Waals surface area contributed by atoms with Crippen molar-refractivity contribution in [3.63, 3.8) is 0 Å². The summed E-state index contributed by atoms with van der Waals surface area (Å²) in [4.78, 5) is 61.8. The maximum Gasteiger partial charge on any atom is 0.385 e. The molecule has 0 spiro atoms. The molecule has 0 aliphatic rings. The number of rotatable bonds is 15. The van der Waals surface area contributed by atoms with Gasteiger partial charge in [0.05, 0.1) is 14.2 Å². The van der Waals surface area contributed by atoms with Gasteiger partial charge in [0.2, 0.25) is 5.75 Å². The van der Waals surface area contributed by atoms with Crippen LogP contribution in [0.25, 0.3) is 0 Å². The topological polar surface area (TPSA) is 141 Å². The van der Waals surface area contributed by atoms with E-state index < -0.39 is 43.2 Å². The second-order valence-electron chi connectivity index (χ2n) is 12.3. The third-order valence-electron chi connectivity index (χ3n) is 6.97. The van der Waals surface area contributed by atoms with Crippen molar-refractivity contribution in [3.8, 4) is 207 Å². The minimum Gasteiger partial charge on any atom is -0.493 e. The fourth-order valence-electron chi connectivity index (χ4n) is 4.45. The number of carbonyl (C=O) groups excluding carboxylic acids is 5. The Balaban J connectivity index is 2.97. The van der Waals surface area contributed by atoms with E-state index in [9.17, 15) is 24.0 Å². The zero-order valence-electron chi connectivity index (χ0n) is 37.5. The van der Waals surface area contributed by atoms with Crippen LogP contribution in [0.1, 0.15) is 57.3 Å². The van der Waals surface area contributed by atoms with Crippen molar-refractivity contribution in [3.05, 3.63) is 17.7 Å². The van der Waals surface area contributed by atoms with Gasteiger partial charge in [-0.05, 0) is 210 Å². The fourth-order valence-corrected chi connectivity index (χ4v) is 4.45. The summed E-state index contributed by atoms with van der Waals surface area (Å²) in [5.74, 6) is 74.1. The molecular weight excluding hydrogens is 861 g/mol. The third-order valence-corrected chi connectivity index (χ3v) is 6.97. The number of aldehydes is 1. The highest BCUT2D eigenvalue weighted by Crippen LogP contribution is 2.38. The zero-order valence-corrected chi connectivity index (χ0v) is 37.5. The van der Waals surface area contributed by atoms with E-state index in [-0.39, 0.29) is 47.5 Å². The molecule has 0 radical (unpaired) electrons. The largest absolute Gasteiger partial charge is 0.493 e. The Morgan fingerprint density at radius 2 is 0.824 bits per heavy atom. The smallest absolute Gasteiger partial charge is 0.385 e. The number of hydrogen-bond acceptors (Lipinski definition) is 11. The van der Waals surface area contributed by atoms with Gasteiger partial charge in [-0.3, -0.25) is 14.4 Å². The fraction of sp³-hybridized carbons (Fsp3) is 0.246. The molecule has 1 rings (SSSR count). The summed E-state index contributed by atoms with van der Waals surface area (Å²) >= 11 is 0. The maximum absolute atomic E-state index is 13.0. The van der Waals surface area contributed by atoms with Crippen LogP contribution >= 0.6 is 0 Å². The van der Waals surface area contributed by atoms with Crippen LogP contribution in [0.15, 0.2) is 12.1 Å². The first-order valence-corrected chi connectivity index (χ1v) is 19.4. The summed E-state index contributed by atoms with van der Waals surface area (Å²) in [6.07, 6.45) is -0.435. The zero-order chi connectivity index (χ0) is 49.9. The lowest BCUT2D eigenvalue weighted by Crippen LogP contribution is -2.31. The van der Waals surface area contributed by atoms with Gasteiger partial charge < -0.3 is 28.4 Å². The number of ether oxygens (including phenoxy) is 6. The second-order valence-corrected chi connectivity index (χ2v) is 12.3. The standard InChI is InChI=1S/C57H34O11/c1-7-9-11-13-15-17-19-21-23-25-27-29-31-33-35-37-53(59)65-45-50(46-66-54(60)38-36-34-32-30-28-26-24-22-20-18-16-14-12-10-8-2)67-55(61)40-47(3)39-48(4)41-56(62)68-57-51(63-5)42-49(44-58)43-52(57)64-6/h42-44,47-48,50H,39-41,45-46H2,1-6H3. The molecule has 0 N–H and O–H groups in total. The summed E-state index contributed by atoms with van der Waals surface area (Å²) in [6.45, 7) is 5.76. The molecule has 0 aromatic heterocycles. The van der Waals surface area contributed by atoms with E-state index in [4.69, 9.17) is 28.4 Å². The summed E-state index contributed by atoms with van der Waals surface area (Å²) in [5, 5.41) is 0. The lowest BCUT2D eigenvalue weighted by atomic mass is 9.92. The second kappa shape index (κ2) is 36.9. The summed E-state index contributed by atoms with van der Waals surface area (Å²) in [5.41, 5.74) is 0.262. The van der Waals surface area contributed by atoms with E-state index in [1.807, 2.05) is 0 Å². The van der Waals surface area contributed by atoms with E-state index in [0.29, 0.717) is 12.7 Å². The van der Waals surface area contributed by atoms with E-state index in [1.165, 1.54) is 26.4 Å². The molecule has 0 bridgehead atoms. The van der Waals surface area contributed by atoms with Crippen LogP contribution in [0.3, 0.4) is 0 Å². The maximum atomic E-state index is 13.0. The van der Waals surface area contributed by atoms with Crippen molar-refractivity contribution in [1.82, 2.24) is 0 Å². The Bertz CT molecular complexity index is 2990. The molecule has 2 unspecified atom stereocenters. The van der Waals surface area contributed by atoms with Crippen molar-refractivity contribution in [1.29, 1.82) is 0 Å². The van der Waals surface area contributed by atoms with Gasteiger partial charge in [0, 0.05) is 30.2 Å². The van der Waals surface area contributed by atoms with E-state index in [0.717, 1.165) is 0 Å². The molecule has 1 aromatic carbocycles. The van der Waals surface area contributed by atoms with Crippen LogP contribution in [0, 0.1) is 201 Å². The number of esters is 4. The predicted octanol–water partition coefficient (Wildman–Crippen LogP) is 2.96. The molecule has 2 atom stereocenters. The molecule has 11 nitrogen and oxygen atoms in total. The van der Waals surface area contributed by atoms with Gasteiger partial charge in [0.25, 0.3) is 0 Å². The Morgan fingerprint density at radius 3 is 1.15 bits per heavy atom. The average molecular weight is 895 g/mol. The Kier molecular flexibility index (Phi) is 30.1. The lowest BCUT2D eigenvalue weighted by molar-refractivity contribution is -0.164. The molecule has 0 aliphatic carbocycles. The molecule has 0 saturated carbocycles. The minimum absolute atomic E-state index is 0.0170. The predicted molar refractivity (Wildman–Crippen MR) is 250 cm³/mol. The van der Waals surface area contributed by atoms with Crippen molar-refractivity contribution in [2.45, 2.75) is 53.1 Å². The highest BCUT2D eigenvalue weighted by molar-refractivity contribution is 5.89. The Hall–Kier alpha value is -10.7. The van der Waals surface area contributed by atoms with Gasteiger partial charge in [-0.15, -0.1) is 0 Å². The van der Waals surface area contributed by atoms with Crippen LogP contribution in [-0.4, -0.2) is 63.7 Å². The summed E-state index contributed by atoms with van der Waals surface area (Å²) < 4.78 is 31.8. The first-order chi connectivity index (χ1) is 33.1. The van der Waals surface area contributed by atoms with E-state index in [2.05, 4.69) is 189 Å². The molecular formula is C57H34O11. The molecule has 328 valence electrons. The van der Waals surface area contributed by atoms with Gasteiger partial charge in [-0.25, -0.2) is 9.59 Å². The first kappa shape index (κ1) is 55.3. The van der Waals surface area contributed by atoms with E-state index >= 15 is 0 Å². The minimum atomic E-state index is -1.27. The van der Waals surface area contributed by atoms with Crippen LogP contribution in [0.4, 0.5) is 0 Å². The summed E-state index contributed by atoms with van der Waals surface area (Å²) in [6, 6.07) is 2.81. The quantitative estimate of drug-likeness (QED) is 0.0642. The lowest BCUT2D eigenvalue weighted by Gasteiger charge is -2.20. The Morgan fingerprint density at radius 1 is 0.500 bits per heavy atom. The van der Waals surface area contributed by atoms with Gasteiger partial charge in [0.1, 0.15) is 19.5 Å². The SMILES string of the molecule is CC#CC#CC#CC#CC#CC#CC#CC#CC(=O)OCC(COC(=O)C#CC#CC#CC#CC#CC#CC#CC#CC)OC(=O)CC(C)CC(C)CC(=O)Oc1c(OC)cc(C=O)cc1OC. The monoisotopic (exact) mass is 894 g/mol. The molecule has 11 heteroatoms. The number of methoxy groups -OCH3 is 2. The molecule has 1 aromatic rings. The van der Waals surface area contributed by atoms with Crippen LogP contribution in [0.5, 0.6) is 17.2 Å². The first-order valence-electron chi connectivity index (χ1n) is 19.4. The average Bonchev–Trinajstić information content (AvgIpc) is 3.32. The number of hydrogen-bond donors (Lipinski definition) is 0. The molecule has 0 heterocycles. The van der Waals surface area contributed by atoms with Crippen LogP contribution in [0.2, 0.25) is 0 Å². The van der Waals surface area contributed by atoms with Gasteiger partial charge >= 0.3 is 23.9 Å². The van der Waals surface area contributed by atoms with Crippen molar-refractivity contribution in [2.24, 2.45) is 11.8 Å². The van der Waals surface area contributed by atoms with E-state index in [1.54, 1.807) is 27.7 Å². The van der Waals surface area contributed by atoms with Crippen LogP contribution in [-0.2, 0) is 33.4 Å². The summed E-state index contributed by atoms with van der Waals surface area (Å²) in [7, 11) is 2.71. The van der Waals surface area contributed by atoms with Crippen molar-refractivity contribution >= 4 is 30.2 Å². The highest BCUT2D eigenvalue weighted by atomic mass is 16.6. The molecule has 0 aliphatic heterocycles. The number of benzene rings is 1. The van der Waals surface area contributed by atoms with Gasteiger partial charge in [-0.1, -0.05) is 25.7 Å². The molecule has 0 amide bonds. The molecule has 0 fully saturated rings. The number of carbonyl (C=O) groups is 5. The van der Waals surface area contributed by atoms with Crippen molar-refractivity contribution < 1.29 is 52.4 Å². The highest BCUT2D eigenvalue weighted by Gasteiger charge is 2.23. The normalized spacial score (nSPS) is 8.34.